The molecule has 1 aliphatic rings. The molecule has 1 atom stereocenters. The highest BCUT2D eigenvalue weighted by atomic mass is 32.1. The SMILES string of the molecule is CC(C)(NC(=O)c1ccccc1)c1cc2nc(N3CCOC(c4cccc5[nH]ncc45)C3)ncc2s1. The number of carbonyl (C=O) groups excluding carboxylic acids is 1. The lowest BCUT2D eigenvalue weighted by Crippen LogP contribution is -2.40. The van der Waals surface area contributed by atoms with Crippen molar-refractivity contribution in [2.24, 2.45) is 0 Å². The van der Waals surface area contributed by atoms with Crippen LogP contribution in [0.3, 0.4) is 0 Å². The Morgan fingerprint density at radius 2 is 2.03 bits per heavy atom. The maximum atomic E-state index is 12.8. The second-order valence-electron chi connectivity index (χ2n) is 9.46. The van der Waals surface area contributed by atoms with Crippen molar-refractivity contribution >= 4 is 44.3 Å². The Balaban J connectivity index is 1.23. The van der Waals surface area contributed by atoms with Gasteiger partial charge in [0.1, 0.15) is 6.10 Å². The van der Waals surface area contributed by atoms with Gasteiger partial charge in [0.25, 0.3) is 5.91 Å². The molecule has 0 radical (unpaired) electrons. The van der Waals surface area contributed by atoms with Gasteiger partial charge in [0.05, 0.1) is 46.8 Å². The van der Waals surface area contributed by atoms with Gasteiger partial charge in [0.2, 0.25) is 5.95 Å². The summed E-state index contributed by atoms with van der Waals surface area (Å²) in [7, 11) is 0. The number of aromatic nitrogens is 4. The monoisotopic (exact) mass is 498 g/mol. The number of H-pyrrole nitrogens is 1. The number of morpholine rings is 1. The van der Waals surface area contributed by atoms with Crippen LogP contribution in [0.1, 0.15) is 40.8 Å². The van der Waals surface area contributed by atoms with Crippen molar-refractivity contribution in [3.8, 4) is 0 Å². The lowest BCUT2D eigenvalue weighted by atomic mass is 10.0. The molecule has 8 nitrogen and oxygen atoms in total. The average molecular weight is 499 g/mol. The van der Waals surface area contributed by atoms with Crippen LogP contribution in [0.4, 0.5) is 5.95 Å². The van der Waals surface area contributed by atoms with Crippen LogP contribution in [-0.2, 0) is 10.3 Å². The van der Waals surface area contributed by atoms with Crippen LogP contribution < -0.4 is 10.2 Å². The summed E-state index contributed by atoms with van der Waals surface area (Å²) in [6.45, 7) is 5.99. The molecule has 1 amide bonds. The van der Waals surface area contributed by atoms with Gasteiger partial charge in [0, 0.05) is 22.4 Å². The van der Waals surface area contributed by atoms with Gasteiger partial charge in [-0.1, -0.05) is 30.3 Å². The molecule has 3 aromatic heterocycles. The summed E-state index contributed by atoms with van der Waals surface area (Å²) in [4.78, 5) is 25.5. The van der Waals surface area contributed by atoms with Gasteiger partial charge in [-0.3, -0.25) is 9.89 Å². The van der Waals surface area contributed by atoms with Gasteiger partial charge in [-0.05, 0) is 43.7 Å². The van der Waals surface area contributed by atoms with Crippen molar-refractivity contribution < 1.29 is 9.53 Å². The van der Waals surface area contributed by atoms with E-state index in [1.807, 2.05) is 68.7 Å². The molecule has 36 heavy (non-hydrogen) atoms. The summed E-state index contributed by atoms with van der Waals surface area (Å²) in [6, 6.07) is 17.4. The van der Waals surface area contributed by atoms with Gasteiger partial charge in [-0.25, -0.2) is 9.97 Å². The zero-order valence-electron chi connectivity index (χ0n) is 20.1. The van der Waals surface area contributed by atoms with Crippen LogP contribution in [0.25, 0.3) is 21.1 Å². The molecule has 6 rings (SSSR count). The highest BCUT2D eigenvalue weighted by molar-refractivity contribution is 7.19. The molecular formula is C27H26N6O2S. The molecule has 182 valence electrons. The quantitative estimate of drug-likeness (QED) is 0.361. The van der Waals surface area contributed by atoms with E-state index in [4.69, 9.17) is 9.72 Å². The minimum Gasteiger partial charge on any atom is -0.370 e. The van der Waals surface area contributed by atoms with Crippen LogP contribution in [0.5, 0.6) is 0 Å². The van der Waals surface area contributed by atoms with Crippen LogP contribution in [-0.4, -0.2) is 45.8 Å². The zero-order valence-corrected chi connectivity index (χ0v) is 20.9. The molecule has 0 spiro atoms. The molecule has 0 saturated carbocycles. The maximum Gasteiger partial charge on any atom is 0.251 e. The Hall–Kier alpha value is -3.82. The number of aromatic amines is 1. The third-order valence-corrected chi connectivity index (χ3v) is 7.93. The molecule has 5 aromatic rings. The van der Waals surface area contributed by atoms with E-state index in [1.165, 1.54) is 0 Å². The first-order valence-corrected chi connectivity index (χ1v) is 12.7. The summed E-state index contributed by atoms with van der Waals surface area (Å²) in [6.07, 6.45) is 3.63. The fourth-order valence-corrected chi connectivity index (χ4v) is 5.61. The second kappa shape index (κ2) is 9.00. The van der Waals surface area contributed by atoms with Gasteiger partial charge >= 0.3 is 0 Å². The molecule has 0 bridgehead atoms. The minimum atomic E-state index is -0.550. The van der Waals surface area contributed by atoms with E-state index in [2.05, 4.69) is 37.5 Å². The Kier molecular flexibility index (Phi) is 5.66. The van der Waals surface area contributed by atoms with Gasteiger partial charge in [0.15, 0.2) is 0 Å². The van der Waals surface area contributed by atoms with E-state index in [9.17, 15) is 4.79 Å². The second-order valence-corrected chi connectivity index (χ2v) is 10.5. The normalized spacial score (nSPS) is 16.5. The lowest BCUT2D eigenvalue weighted by Gasteiger charge is -2.33. The number of fused-ring (bicyclic) bond motifs is 2. The number of hydrogen-bond acceptors (Lipinski definition) is 7. The van der Waals surface area contributed by atoms with Crippen molar-refractivity contribution in [2.75, 3.05) is 24.6 Å². The van der Waals surface area contributed by atoms with Crippen molar-refractivity contribution in [2.45, 2.75) is 25.5 Å². The van der Waals surface area contributed by atoms with Gasteiger partial charge in [-0.2, -0.15) is 5.10 Å². The number of anilines is 1. The van der Waals surface area contributed by atoms with Crippen molar-refractivity contribution in [1.29, 1.82) is 0 Å². The van der Waals surface area contributed by atoms with E-state index in [1.54, 1.807) is 11.3 Å². The Labute approximate surface area is 212 Å². The maximum absolute atomic E-state index is 12.8. The number of amides is 1. The summed E-state index contributed by atoms with van der Waals surface area (Å²) in [5, 5.41) is 11.4. The molecule has 1 saturated heterocycles. The molecule has 1 aliphatic heterocycles. The number of nitrogens with zero attached hydrogens (tertiary/aromatic N) is 4. The summed E-state index contributed by atoms with van der Waals surface area (Å²) < 4.78 is 7.12. The van der Waals surface area contributed by atoms with Crippen molar-refractivity contribution in [3.63, 3.8) is 0 Å². The molecule has 0 aliphatic carbocycles. The van der Waals surface area contributed by atoms with E-state index in [0.29, 0.717) is 24.7 Å². The Morgan fingerprint density at radius 3 is 2.89 bits per heavy atom. The highest BCUT2D eigenvalue weighted by Gasteiger charge is 2.28. The minimum absolute atomic E-state index is 0.0930. The Morgan fingerprint density at radius 1 is 1.17 bits per heavy atom. The van der Waals surface area contributed by atoms with Crippen LogP contribution in [0, 0.1) is 0 Å². The highest BCUT2D eigenvalue weighted by Crippen LogP contribution is 2.34. The van der Waals surface area contributed by atoms with Crippen molar-refractivity contribution in [1.82, 2.24) is 25.5 Å². The number of ether oxygens (including phenoxy) is 1. The van der Waals surface area contributed by atoms with Crippen molar-refractivity contribution in [3.05, 3.63) is 83.0 Å². The first-order chi connectivity index (χ1) is 17.5. The Bertz CT molecular complexity index is 1540. The first kappa shape index (κ1) is 22.6. The number of benzene rings is 2. The smallest absolute Gasteiger partial charge is 0.251 e. The van der Waals surface area contributed by atoms with Gasteiger partial charge in [-0.15, -0.1) is 11.3 Å². The molecule has 2 N–H and O–H groups in total. The lowest BCUT2D eigenvalue weighted by molar-refractivity contribution is 0.0402. The predicted octanol–water partition coefficient (Wildman–Crippen LogP) is 4.81. The largest absolute Gasteiger partial charge is 0.370 e. The number of hydrogen-bond donors (Lipinski definition) is 2. The molecule has 4 heterocycles. The third kappa shape index (κ3) is 4.20. The molecule has 1 unspecified atom stereocenters. The molecule has 9 heteroatoms. The van der Waals surface area contributed by atoms with Gasteiger partial charge < -0.3 is 15.0 Å². The number of rotatable bonds is 5. The van der Waals surface area contributed by atoms with E-state index in [0.717, 1.165) is 38.1 Å². The third-order valence-electron chi connectivity index (χ3n) is 6.55. The van der Waals surface area contributed by atoms with E-state index < -0.39 is 5.54 Å². The summed E-state index contributed by atoms with van der Waals surface area (Å²) >= 11 is 1.60. The first-order valence-electron chi connectivity index (χ1n) is 11.9. The topological polar surface area (TPSA) is 96.0 Å². The van der Waals surface area contributed by atoms with Crippen LogP contribution >= 0.6 is 11.3 Å². The summed E-state index contributed by atoms with van der Waals surface area (Å²) in [5.41, 5.74) is 3.08. The fraction of sp³-hybridized carbons (Fsp3) is 0.259. The number of carbonyl (C=O) groups is 1. The molecular weight excluding hydrogens is 472 g/mol. The van der Waals surface area contributed by atoms with Crippen LogP contribution in [0.2, 0.25) is 0 Å². The van der Waals surface area contributed by atoms with E-state index in [-0.39, 0.29) is 12.0 Å². The molecule has 2 aromatic carbocycles. The van der Waals surface area contributed by atoms with Crippen LogP contribution in [0.15, 0.2) is 67.0 Å². The summed E-state index contributed by atoms with van der Waals surface area (Å²) in [5.74, 6) is 0.586. The average Bonchev–Trinajstić information content (AvgIpc) is 3.56. The standard InChI is InChI=1S/C27H26N6O2S/c1-27(2,31-25(34)17-7-4-3-5-8-17)24-13-21-23(36-24)15-28-26(30-21)33-11-12-35-22(16-33)18-9-6-10-20-19(18)14-29-32-20/h3-10,13-15,22H,11-12,16H2,1-2H3,(H,29,32)(H,31,34). The van der Waals surface area contributed by atoms with E-state index >= 15 is 0 Å². The zero-order chi connectivity index (χ0) is 24.7. The number of thiophene rings is 1. The predicted molar refractivity (Wildman–Crippen MR) is 141 cm³/mol. The number of nitrogens with one attached hydrogen (secondary N) is 2. The fourth-order valence-electron chi connectivity index (χ4n) is 4.59. The molecule has 1 fully saturated rings.